The van der Waals surface area contributed by atoms with Gasteiger partial charge in [0.25, 0.3) is 0 Å². The van der Waals surface area contributed by atoms with Gasteiger partial charge in [-0.05, 0) is 31.2 Å². The van der Waals surface area contributed by atoms with Crippen molar-refractivity contribution in [3.8, 4) is 0 Å². The van der Waals surface area contributed by atoms with Crippen LogP contribution in [0.25, 0.3) is 0 Å². The molecule has 0 atom stereocenters. The fourth-order valence-corrected chi connectivity index (χ4v) is 4.23. The molecule has 1 aliphatic heterocycles. The summed E-state index contributed by atoms with van der Waals surface area (Å²) in [5.74, 6) is 0.157. The van der Waals surface area contributed by atoms with Crippen molar-refractivity contribution in [1.82, 2.24) is 10.6 Å². The van der Waals surface area contributed by atoms with Gasteiger partial charge in [-0.2, -0.15) is 0 Å². The molecule has 1 amide bonds. The fourth-order valence-electron chi connectivity index (χ4n) is 4.23. The molecule has 4 nitrogen and oxygen atoms in total. The topological polar surface area (TPSA) is 50.4 Å². The molecule has 0 bridgehead atoms. The van der Waals surface area contributed by atoms with Crippen LogP contribution >= 0.6 is 0 Å². The highest BCUT2D eigenvalue weighted by atomic mass is 16.5. The zero-order chi connectivity index (χ0) is 17.4. The van der Waals surface area contributed by atoms with Crippen LogP contribution in [0, 0.1) is 0 Å². The highest BCUT2D eigenvalue weighted by Crippen LogP contribution is 2.35. The number of carbonyl (C=O) groups excluding carboxylic acids is 1. The summed E-state index contributed by atoms with van der Waals surface area (Å²) in [4.78, 5) is 13.0. The van der Waals surface area contributed by atoms with E-state index in [1.807, 2.05) is 18.2 Å². The number of hydrogen-bond acceptors (Lipinski definition) is 3. The molecule has 4 heteroatoms. The van der Waals surface area contributed by atoms with Gasteiger partial charge >= 0.3 is 0 Å². The molecule has 1 aromatic carbocycles. The summed E-state index contributed by atoms with van der Waals surface area (Å²) in [5.41, 5.74) is 0.689. The minimum atomic E-state index is -0.429. The van der Waals surface area contributed by atoms with E-state index in [1.54, 1.807) is 0 Å². The minimum absolute atomic E-state index is 0.157. The summed E-state index contributed by atoms with van der Waals surface area (Å²) in [6.07, 6.45) is 9.49. The highest BCUT2D eigenvalue weighted by Gasteiger charge is 2.41. The maximum absolute atomic E-state index is 13.0. The third-order valence-corrected chi connectivity index (χ3v) is 5.81. The first kappa shape index (κ1) is 18.4. The van der Waals surface area contributed by atoms with Gasteiger partial charge in [-0.25, -0.2) is 0 Å². The van der Waals surface area contributed by atoms with E-state index < -0.39 is 5.41 Å². The van der Waals surface area contributed by atoms with Crippen LogP contribution in [0.3, 0.4) is 0 Å². The summed E-state index contributed by atoms with van der Waals surface area (Å²) in [7, 11) is 0. The fraction of sp³-hybridized carbons (Fsp3) is 0.667. The SMILES string of the molecule is O=C(NCCNC1CCCCCC1)C1(c2ccccc2)CCOCC1. The average Bonchev–Trinajstić information content (AvgIpc) is 2.95. The summed E-state index contributed by atoms with van der Waals surface area (Å²) in [6.45, 7) is 2.87. The number of rotatable bonds is 6. The molecule has 3 rings (SSSR count). The lowest BCUT2D eigenvalue weighted by molar-refractivity contribution is -0.130. The van der Waals surface area contributed by atoms with Crippen LogP contribution in [-0.2, 0) is 14.9 Å². The largest absolute Gasteiger partial charge is 0.381 e. The van der Waals surface area contributed by atoms with Gasteiger partial charge in [-0.3, -0.25) is 4.79 Å². The van der Waals surface area contributed by atoms with Crippen LogP contribution < -0.4 is 10.6 Å². The van der Waals surface area contributed by atoms with Crippen LogP contribution in [0.2, 0.25) is 0 Å². The average molecular weight is 344 g/mol. The molecule has 1 saturated carbocycles. The van der Waals surface area contributed by atoms with Gasteiger partial charge in [0.2, 0.25) is 5.91 Å². The Morgan fingerprint density at radius 2 is 1.68 bits per heavy atom. The van der Waals surface area contributed by atoms with E-state index in [1.165, 1.54) is 38.5 Å². The Morgan fingerprint density at radius 3 is 2.36 bits per heavy atom. The Labute approximate surface area is 151 Å². The Kier molecular flexibility index (Phi) is 6.88. The Balaban J connectivity index is 1.52. The van der Waals surface area contributed by atoms with E-state index >= 15 is 0 Å². The normalized spacial score (nSPS) is 21.4. The minimum Gasteiger partial charge on any atom is -0.381 e. The van der Waals surface area contributed by atoms with Crippen molar-refractivity contribution >= 4 is 5.91 Å². The summed E-state index contributed by atoms with van der Waals surface area (Å²) in [6, 6.07) is 10.8. The lowest BCUT2D eigenvalue weighted by Crippen LogP contribution is -2.49. The first-order valence-electron chi connectivity index (χ1n) is 9.96. The van der Waals surface area contributed by atoms with Gasteiger partial charge in [0.1, 0.15) is 0 Å². The number of benzene rings is 1. The molecule has 0 unspecified atom stereocenters. The van der Waals surface area contributed by atoms with Crippen LogP contribution in [0.5, 0.6) is 0 Å². The maximum Gasteiger partial charge on any atom is 0.230 e. The molecule has 1 saturated heterocycles. The lowest BCUT2D eigenvalue weighted by Gasteiger charge is -2.36. The van der Waals surface area contributed by atoms with Crippen LogP contribution in [0.15, 0.2) is 30.3 Å². The first-order chi connectivity index (χ1) is 12.3. The molecule has 25 heavy (non-hydrogen) atoms. The predicted octanol–water partition coefficient (Wildman–Crippen LogP) is 3.16. The van der Waals surface area contributed by atoms with Crippen LogP contribution in [0.1, 0.15) is 56.9 Å². The maximum atomic E-state index is 13.0. The van der Waals surface area contributed by atoms with E-state index in [-0.39, 0.29) is 5.91 Å². The summed E-state index contributed by atoms with van der Waals surface area (Å²) in [5, 5.41) is 6.82. The van der Waals surface area contributed by atoms with Crippen molar-refractivity contribution in [1.29, 1.82) is 0 Å². The van der Waals surface area contributed by atoms with Crippen LogP contribution in [-0.4, -0.2) is 38.3 Å². The smallest absolute Gasteiger partial charge is 0.230 e. The summed E-state index contributed by atoms with van der Waals surface area (Å²) < 4.78 is 5.52. The second-order valence-electron chi connectivity index (χ2n) is 7.46. The van der Waals surface area contributed by atoms with E-state index in [4.69, 9.17) is 4.74 Å². The molecule has 0 aromatic heterocycles. The van der Waals surface area contributed by atoms with Crippen molar-refractivity contribution in [3.05, 3.63) is 35.9 Å². The third kappa shape index (κ3) is 4.83. The number of amides is 1. The third-order valence-electron chi connectivity index (χ3n) is 5.81. The van der Waals surface area contributed by atoms with E-state index in [0.29, 0.717) is 25.8 Å². The van der Waals surface area contributed by atoms with Gasteiger partial charge < -0.3 is 15.4 Å². The molecule has 1 aromatic rings. The molecule has 138 valence electrons. The number of nitrogens with one attached hydrogen (secondary N) is 2. The molecule has 2 fully saturated rings. The molecule has 1 aliphatic carbocycles. The van der Waals surface area contributed by atoms with Crippen molar-refractivity contribution < 1.29 is 9.53 Å². The zero-order valence-electron chi connectivity index (χ0n) is 15.3. The first-order valence-corrected chi connectivity index (χ1v) is 9.96. The Bertz CT molecular complexity index is 518. The predicted molar refractivity (Wildman–Crippen MR) is 101 cm³/mol. The van der Waals surface area contributed by atoms with Crippen molar-refractivity contribution in [3.63, 3.8) is 0 Å². The second-order valence-corrected chi connectivity index (χ2v) is 7.46. The molecule has 0 radical (unpaired) electrons. The molecule has 1 heterocycles. The quantitative estimate of drug-likeness (QED) is 0.616. The van der Waals surface area contributed by atoms with Gasteiger partial charge in [0.15, 0.2) is 0 Å². The van der Waals surface area contributed by atoms with Crippen molar-refractivity contribution in [2.75, 3.05) is 26.3 Å². The van der Waals surface area contributed by atoms with Gasteiger partial charge in [-0.15, -0.1) is 0 Å². The van der Waals surface area contributed by atoms with Gasteiger partial charge in [-0.1, -0.05) is 56.0 Å². The lowest BCUT2D eigenvalue weighted by atomic mass is 9.73. The van der Waals surface area contributed by atoms with Crippen molar-refractivity contribution in [2.24, 2.45) is 0 Å². The molecule has 2 N–H and O–H groups in total. The van der Waals surface area contributed by atoms with E-state index in [9.17, 15) is 4.79 Å². The number of ether oxygens (including phenoxy) is 1. The highest BCUT2D eigenvalue weighted by molar-refractivity contribution is 5.88. The van der Waals surface area contributed by atoms with Gasteiger partial charge in [0, 0.05) is 32.3 Å². The second kappa shape index (κ2) is 9.35. The van der Waals surface area contributed by atoms with Gasteiger partial charge in [0.05, 0.1) is 5.41 Å². The molecule has 0 spiro atoms. The Morgan fingerprint density at radius 1 is 1.00 bits per heavy atom. The van der Waals surface area contributed by atoms with Crippen molar-refractivity contribution in [2.45, 2.75) is 62.8 Å². The van der Waals surface area contributed by atoms with E-state index in [0.717, 1.165) is 24.9 Å². The molecular weight excluding hydrogens is 312 g/mol. The molecular formula is C21H32N2O2. The number of hydrogen-bond donors (Lipinski definition) is 2. The standard InChI is InChI=1S/C21H32N2O2/c24-20(23-15-14-22-19-10-6-1-2-7-11-19)21(12-16-25-17-13-21)18-8-4-3-5-9-18/h3-5,8-9,19,22H,1-2,6-7,10-17H2,(H,23,24). The monoisotopic (exact) mass is 344 g/mol. The Hall–Kier alpha value is -1.39. The van der Waals surface area contributed by atoms with E-state index in [2.05, 4.69) is 22.8 Å². The zero-order valence-corrected chi connectivity index (χ0v) is 15.3. The van der Waals surface area contributed by atoms with Crippen LogP contribution in [0.4, 0.5) is 0 Å². The molecule has 2 aliphatic rings. The number of carbonyl (C=O) groups is 1. The summed E-state index contributed by atoms with van der Waals surface area (Å²) >= 11 is 0.